The number of carbonyl (C=O) groups excluding carboxylic acids is 3. The monoisotopic (exact) mass is 324 g/mol. The highest BCUT2D eigenvalue weighted by atomic mass is 32.1. The van der Waals surface area contributed by atoms with Gasteiger partial charge in [0.25, 0.3) is 5.91 Å². The quantitative estimate of drug-likeness (QED) is 0.810. The molecule has 7 heteroatoms. The minimum absolute atomic E-state index is 0.226. The van der Waals surface area contributed by atoms with Crippen LogP contribution in [-0.4, -0.2) is 30.9 Å². The topological polar surface area (TPSA) is 84.5 Å². The van der Waals surface area contributed by atoms with Crippen LogP contribution < -0.4 is 10.6 Å². The molecule has 0 aliphatic heterocycles. The van der Waals surface area contributed by atoms with Crippen molar-refractivity contribution in [3.8, 4) is 0 Å². The first-order valence-corrected chi connectivity index (χ1v) is 8.20. The summed E-state index contributed by atoms with van der Waals surface area (Å²) in [5.74, 6) is -1.10. The van der Waals surface area contributed by atoms with E-state index < -0.39 is 5.97 Å². The molecular formula is C15H20N2O4S. The van der Waals surface area contributed by atoms with Gasteiger partial charge in [0.15, 0.2) is 6.61 Å². The minimum Gasteiger partial charge on any atom is -0.452 e. The van der Waals surface area contributed by atoms with Crippen molar-refractivity contribution in [2.75, 3.05) is 18.5 Å². The third-order valence-electron chi connectivity index (χ3n) is 3.37. The highest BCUT2D eigenvalue weighted by Crippen LogP contribution is 2.38. The van der Waals surface area contributed by atoms with Gasteiger partial charge in [0.1, 0.15) is 5.00 Å². The highest BCUT2D eigenvalue weighted by Gasteiger charge is 2.27. The van der Waals surface area contributed by atoms with Gasteiger partial charge in [-0.15, -0.1) is 11.3 Å². The Labute approximate surface area is 133 Å². The zero-order valence-electron chi connectivity index (χ0n) is 12.8. The van der Waals surface area contributed by atoms with Crippen LogP contribution in [0.4, 0.5) is 5.00 Å². The Morgan fingerprint density at radius 3 is 2.64 bits per heavy atom. The summed E-state index contributed by atoms with van der Waals surface area (Å²) in [5, 5.41) is 5.80. The number of rotatable bonds is 5. The first-order chi connectivity index (χ1) is 10.5. The van der Waals surface area contributed by atoms with Crippen LogP contribution in [0.2, 0.25) is 0 Å². The maximum absolute atomic E-state index is 12.3. The van der Waals surface area contributed by atoms with E-state index in [0.29, 0.717) is 17.1 Å². The number of fused-ring (bicyclic) bond motifs is 1. The third-order valence-corrected chi connectivity index (χ3v) is 4.58. The maximum Gasteiger partial charge on any atom is 0.341 e. The zero-order chi connectivity index (χ0) is 16.1. The fourth-order valence-corrected chi connectivity index (χ4v) is 3.80. The molecule has 2 amide bonds. The summed E-state index contributed by atoms with van der Waals surface area (Å²) in [6, 6.07) is 0. The number of anilines is 1. The Hall–Kier alpha value is -1.89. The van der Waals surface area contributed by atoms with E-state index >= 15 is 0 Å². The summed E-state index contributed by atoms with van der Waals surface area (Å²) in [6.45, 7) is 3.38. The average molecular weight is 324 g/mol. The average Bonchev–Trinajstić information content (AvgIpc) is 2.82. The van der Waals surface area contributed by atoms with E-state index in [9.17, 15) is 14.4 Å². The van der Waals surface area contributed by atoms with Gasteiger partial charge >= 0.3 is 5.97 Å². The van der Waals surface area contributed by atoms with Gasteiger partial charge < -0.3 is 15.4 Å². The number of esters is 1. The fraction of sp³-hybridized carbons (Fsp3) is 0.533. The summed E-state index contributed by atoms with van der Waals surface area (Å²) < 4.78 is 5.09. The molecule has 0 bridgehead atoms. The van der Waals surface area contributed by atoms with Gasteiger partial charge in [0.05, 0.1) is 5.56 Å². The SMILES string of the molecule is CCNC(=O)COC(=O)c1c(NC(C)=O)sc2c1CCCC2. The molecule has 0 unspecified atom stereocenters. The predicted octanol–water partition coefficient (Wildman–Crippen LogP) is 1.88. The van der Waals surface area contributed by atoms with E-state index in [4.69, 9.17) is 4.74 Å². The summed E-state index contributed by atoms with van der Waals surface area (Å²) in [6.07, 6.45) is 3.81. The number of carbonyl (C=O) groups is 3. The van der Waals surface area contributed by atoms with Crippen LogP contribution in [0.15, 0.2) is 0 Å². The first kappa shape index (κ1) is 16.5. The van der Waals surface area contributed by atoms with Crippen LogP contribution in [0, 0.1) is 0 Å². The van der Waals surface area contributed by atoms with Gasteiger partial charge in [-0.2, -0.15) is 0 Å². The second-order valence-electron chi connectivity index (χ2n) is 5.13. The Morgan fingerprint density at radius 1 is 1.23 bits per heavy atom. The predicted molar refractivity (Wildman–Crippen MR) is 84.2 cm³/mol. The van der Waals surface area contributed by atoms with Crippen LogP contribution in [0.3, 0.4) is 0 Å². The van der Waals surface area contributed by atoms with Crippen LogP contribution in [-0.2, 0) is 27.2 Å². The number of nitrogens with one attached hydrogen (secondary N) is 2. The third kappa shape index (κ3) is 3.85. The van der Waals surface area contributed by atoms with Gasteiger partial charge in [-0.25, -0.2) is 4.79 Å². The van der Waals surface area contributed by atoms with Crippen LogP contribution in [0.5, 0.6) is 0 Å². The molecule has 0 saturated carbocycles. The van der Waals surface area contributed by atoms with E-state index in [1.54, 1.807) is 6.92 Å². The molecule has 1 aliphatic carbocycles. The van der Waals surface area contributed by atoms with Gasteiger partial charge in [-0.3, -0.25) is 9.59 Å². The number of aryl methyl sites for hydroxylation is 1. The van der Waals surface area contributed by atoms with Gasteiger partial charge in [0.2, 0.25) is 5.91 Å². The molecule has 2 rings (SSSR count). The van der Waals surface area contributed by atoms with Crippen molar-refractivity contribution in [1.82, 2.24) is 5.32 Å². The van der Waals surface area contributed by atoms with Crippen molar-refractivity contribution in [3.63, 3.8) is 0 Å². The summed E-state index contributed by atoms with van der Waals surface area (Å²) in [4.78, 5) is 36.2. The highest BCUT2D eigenvalue weighted by molar-refractivity contribution is 7.17. The largest absolute Gasteiger partial charge is 0.452 e. The Kier molecular flexibility index (Phi) is 5.54. The number of likely N-dealkylation sites (N-methyl/N-ethyl adjacent to an activating group) is 1. The lowest BCUT2D eigenvalue weighted by Crippen LogP contribution is -2.28. The molecule has 6 nitrogen and oxygen atoms in total. The second-order valence-corrected chi connectivity index (χ2v) is 6.23. The molecule has 1 aromatic rings. The maximum atomic E-state index is 12.3. The van der Waals surface area contributed by atoms with Crippen LogP contribution in [0.25, 0.3) is 0 Å². The molecule has 0 fully saturated rings. The van der Waals surface area contributed by atoms with Crippen molar-refractivity contribution in [2.45, 2.75) is 39.5 Å². The molecule has 2 N–H and O–H groups in total. The van der Waals surface area contributed by atoms with Crippen molar-refractivity contribution < 1.29 is 19.1 Å². The van der Waals surface area contributed by atoms with Gasteiger partial charge in [-0.1, -0.05) is 0 Å². The number of thiophene rings is 1. The first-order valence-electron chi connectivity index (χ1n) is 7.38. The normalized spacial score (nSPS) is 13.2. The van der Waals surface area contributed by atoms with Crippen molar-refractivity contribution in [3.05, 3.63) is 16.0 Å². The molecular weight excluding hydrogens is 304 g/mol. The molecule has 1 heterocycles. The molecule has 1 aromatic heterocycles. The molecule has 22 heavy (non-hydrogen) atoms. The van der Waals surface area contributed by atoms with E-state index in [1.165, 1.54) is 18.3 Å². The van der Waals surface area contributed by atoms with Crippen LogP contribution >= 0.6 is 11.3 Å². The van der Waals surface area contributed by atoms with Crippen molar-refractivity contribution >= 4 is 34.1 Å². The number of amides is 2. The summed E-state index contributed by atoms with van der Waals surface area (Å²) in [7, 11) is 0. The Morgan fingerprint density at radius 2 is 1.95 bits per heavy atom. The van der Waals surface area contributed by atoms with E-state index in [2.05, 4.69) is 10.6 Å². The number of ether oxygens (including phenoxy) is 1. The molecule has 0 radical (unpaired) electrons. The molecule has 0 atom stereocenters. The number of hydrogen-bond donors (Lipinski definition) is 2. The van der Waals surface area contributed by atoms with Crippen LogP contribution in [0.1, 0.15) is 47.5 Å². The van der Waals surface area contributed by atoms with Gasteiger partial charge in [0, 0.05) is 18.3 Å². The van der Waals surface area contributed by atoms with Crippen molar-refractivity contribution in [2.24, 2.45) is 0 Å². The molecule has 1 aliphatic rings. The second kappa shape index (κ2) is 7.40. The lowest BCUT2D eigenvalue weighted by atomic mass is 9.95. The van der Waals surface area contributed by atoms with Crippen molar-refractivity contribution in [1.29, 1.82) is 0 Å². The Balaban J connectivity index is 2.19. The Bertz CT molecular complexity index is 595. The van der Waals surface area contributed by atoms with Gasteiger partial charge in [-0.05, 0) is 38.2 Å². The lowest BCUT2D eigenvalue weighted by Gasteiger charge is -2.12. The molecule has 0 saturated heterocycles. The standard InChI is InChI=1S/C15H20N2O4S/c1-3-16-12(19)8-21-15(20)13-10-6-4-5-7-11(10)22-14(13)17-9(2)18/h3-8H2,1-2H3,(H,16,19)(H,17,18). The summed E-state index contributed by atoms with van der Waals surface area (Å²) >= 11 is 1.43. The van der Waals surface area contributed by atoms with E-state index in [0.717, 1.165) is 36.1 Å². The molecule has 0 spiro atoms. The van der Waals surface area contributed by atoms with E-state index in [-0.39, 0.29) is 18.4 Å². The molecule has 0 aromatic carbocycles. The number of hydrogen-bond acceptors (Lipinski definition) is 5. The fourth-order valence-electron chi connectivity index (χ4n) is 2.48. The summed E-state index contributed by atoms with van der Waals surface area (Å²) in [5.41, 5.74) is 1.38. The lowest BCUT2D eigenvalue weighted by molar-refractivity contribution is -0.124. The zero-order valence-corrected chi connectivity index (χ0v) is 13.6. The molecule has 120 valence electrons. The smallest absolute Gasteiger partial charge is 0.341 e. The minimum atomic E-state index is -0.547. The van der Waals surface area contributed by atoms with E-state index in [1.807, 2.05) is 0 Å².